The molecule has 0 unspecified atom stereocenters. The van der Waals surface area contributed by atoms with Gasteiger partial charge in [-0.1, -0.05) is 19.3 Å². The second-order valence-electron chi connectivity index (χ2n) is 9.51. The molecular weight excluding hydrogens is 344 g/mol. The molecule has 0 radical (unpaired) electrons. The minimum absolute atomic E-state index is 0.00122. The van der Waals surface area contributed by atoms with E-state index in [0.29, 0.717) is 0 Å². The van der Waals surface area contributed by atoms with E-state index in [1.54, 1.807) is 6.20 Å². The van der Waals surface area contributed by atoms with Crippen LogP contribution in [0, 0.1) is 27.9 Å². The number of rotatable bonds is 4. The smallest absolute Gasteiger partial charge is 0.320 e. The molecule has 0 spiro atoms. The Kier molecular flexibility index (Phi) is 4.02. The highest BCUT2D eigenvalue weighted by molar-refractivity contribution is 5.96. The summed E-state index contributed by atoms with van der Waals surface area (Å²) in [5.74, 6) is 1.79. The second-order valence-corrected chi connectivity index (χ2v) is 9.51. The summed E-state index contributed by atoms with van der Waals surface area (Å²) in [4.78, 5) is 24.0. The number of nitrogens with one attached hydrogen (secondary N) is 1. The molecule has 5 aliphatic carbocycles. The fraction of sp³-hybridized carbons (Fsp3) is 0.800. The van der Waals surface area contributed by atoms with Gasteiger partial charge in [0.15, 0.2) is 0 Å². The molecule has 0 atom stereocenters. The third-order valence-electron chi connectivity index (χ3n) is 7.54. The topological polar surface area (TPSA) is 90.1 Å². The predicted octanol–water partition coefficient (Wildman–Crippen LogP) is 3.78. The molecule has 5 fully saturated rings. The molecule has 4 bridgehead atoms. The molecule has 0 aliphatic heterocycles. The zero-order valence-electron chi connectivity index (χ0n) is 15.7. The van der Waals surface area contributed by atoms with Gasteiger partial charge in [0.25, 0.3) is 5.91 Å². The Bertz CT molecular complexity index is 730. The summed E-state index contributed by atoms with van der Waals surface area (Å²) >= 11 is 0. The van der Waals surface area contributed by atoms with Gasteiger partial charge in [0.2, 0.25) is 5.69 Å². The monoisotopic (exact) mass is 372 g/mol. The van der Waals surface area contributed by atoms with Gasteiger partial charge in [0.1, 0.15) is 6.20 Å². The third-order valence-corrected chi connectivity index (χ3v) is 7.54. The lowest BCUT2D eigenvalue weighted by molar-refractivity contribution is -0.385. The highest BCUT2D eigenvalue weighted by Crippen LogP contribution is 2.58. The molecule has 1 heterocycles. The van der Waals surface area contributed by atoms with Crippen LogP contribution in [0.3, 0.4) is 0 Å². The fourth-order valence-electron chi connectivity index (χ4n) is 6.75. The Balaban J connectivity index is 1.44. The Hall–Kier alpha value is -1.92. The molecule has 0 aromatic carbocycles. The van der Waals surface area contributed by atoms with Crippen LogP contribution >= 0.6 is 0 Å². The van der Waals surface area contributed by atoms with E-state index >= 15 is 0 Å². The van der Waals surface area contributed by atoms with Crippen LogP contribution in [0.1, 0.15) is 81.1 Å². The maximum atomic E-state index is 12.8. The summed E-state index contributed by atoms with van der Waals surface area (Å²) in [6, 6.07) is 0.121. The number of amides is 1. The molecule has 1 aromatic rings. The van der Waals surface area contributed by atoms with Crippen molar-refractivity contribution < 1.29 is 9.72 Å². The number of hydrogen-bond acceptors (Lipinski definition) is 4. The van der Waals surface area contributed by atoms with Gasteiger partial charge in [-0.3, -0.25) is 19.6 Å². The second kappa shape index (κ2) is 6.31. The summed E-state index contributed by atoms with van der Waals surface area (Å²) < 4.78 is 1.82. The number of carbonyl (C=O) groups is 1. The first-order valence-electron chi connectivity index (χ1n) is 10.6. The van der Waals surface area contributed by atoms with E-state index in [0.717, 1.165) is 62.7 Å². The molecule has 7 nitrogen and oxygen atoms in total. The summed E-state index contributed by atoms with van der Waals surface area (Å²) in [5.41, 5.74) is -0.247. The SMILES string of the molecule is O=C(NC1CCCCC1)c1nn(C23CC4CC(CC(C4)C2)C3)cc1[N+](=O)[O-]. The van der Waals surface area contributed by atoms with Gasteiger partial charge in [-0.15, -0.1) is 0 Å². The summed E-state index contributed by atoms with van der Waals surface area (Å²) in [7, 11) is 0. The largest absolute Gasteiger partial charge is 0.348 e. The zero-order valence-corrected chi connectivity index (χ0v) is 15.7. The van der Waals surface area contributed by atoms with Gasteiger partial charge in [0.05, 0.1) is 10.5 Å². The van der Waals surface area contributed by atoms with Crippen LogP contribution in [-0.4, -0.2) is 26.7 Å². The van der Waals surface area contributed by atoms with E-state index in [2.05, 4.69) is 10.4 Å². The molecule has 1 aromatic heterocycles. The lowest BCUT2D eigenvalue weighted by Crippen LogP contribution is -2.52. The van der Waals surface area contributed by atoms with Crippen molar-refractivity contribution in [3.8, 4) is 0 Å². The van der Waals surface area contributed by atoms with Gasteiger partial charge >= 0.3 is 5.69 Å². The summed E-state index contributed by atoms with van der Waals surface area (Å²) in [6.07, 6.45) is 13.9. The predicted molar refractivity (Wildman–Crippen MR) is 99.4 cm³/mol. The van der Waals surface area contributed by atoms with Crippen LogP contribution in [0.4, 0.5) is 5.69 Å². The van der Waals surface area contributed by atoms with Crippen molar-refractivity contribution in [3.05, 3.63) is 22.0 Å². The first-order valence-corrected chi connectivity index (χ1v) is 10.6. The molecule has 1 N–H and O–H groups in total. The van der Waals surface area contributed by atoms with Gasteiger partial charge < -0.3 is 5.32 Å². The number of nitrogens with zero attached hydrogens (tertiary/aromatic N) is 3. The average Bonchev–Trinajstić information content (AvgIpc) is 3.08. The maximum absolute atomic E-state index is 12.8. The van der Waals surface area contributed by atoms with Crippen molar-refractivity contribution in [2.24, 2.45) is 17.8 Å². The van der Waals surface area contributed by atoms with Crippen molar-refractivity contribution in [1.82, 2.24) is 15.1 Å². The van der Waals surface area contributed by atoms with E-state index in [1.807, 2.05) is 4.68 Å². The molecule has 27 heavy (non-hydrogen) atoms. The standard InChI is InChI=1S/C20H28N4O3/c25-19(21-16-4-2-1-3-5-16)18-17(24(26)27)12-23(22-18)20-9-13-6-14(10-20)8-15(7-13)11-20/h12-16H,1-11H2,(H,21,25). The fourth-order valence-corrected chi connectivity index (χ4v) is 6.75. The van der Waals surface area contributed by atoms with Crippen molar-refractivity contribution in [1.29, 1.82) is 0 Å². The highest BCUT2D eigenvalue weighted by atomic mass is 16.6. The zero-order chi connectivity index (χ0) is 18.6. The maximum Gasteiger partial charge on any atom is 0.320 e. The molecule has 146 valence electrons. The number of aromatic nitrogens is 2. The van der Waals surface area contributed by atoms with E-state index in [1.165, 1.54) is 25.7 Å². The Labute approximate surface area is 159 Å². The van der Waals surface area contributed by atoms with Crippen molar-refractivity contribution >= 4 is 11.6 Å². The number of carbonyl (C=O) groups excluding carboxylic acids is 1. The van der Waals surface area contributed by atoms with Crippen LogP contribution in [-0.2, 0) is 5.54 Å². The lowest BCUT2D eigenvalue weighted by Gasteiger charge is -2.56. The first-order chi connectivity index (χ1) is 13.0. The van der Waals surface area contributed by atoms with Crippen LogP contribution in [0.5, 0.6) is 0 Å². The molecule has 5 saturated carbocycles. The Morgan fingerprint density at radius 2 is 1.70 bits per heavy atom. The average molecular weight is 372 g/mol. The van der Waals surface area contributed by atoms with E-state index in [-0.39, 0.29) is 28.9 Å². The minimum Gasteiger partial charge on any atom is -0.348 e. The summed E-state index contributed by atoms with van der Waals surface area (Å²) in [5, 5.41) is 19.2. The lowest BCUT2D eigenvalue weighted by atomic mass is 9.53. The van der Waals surface area contributed by atoms with Gasteiger partial charge in [-0.25, -0.2) is 0 Å². The van der Waals surface area contributed by atoms with Gasteiger partial charge in [-0.05, 0) is 69.1 Å². The normalized spacial score (nSPS) is 35.3. The molecule has 0 saturated heterocycles. The van der Waals surface area contributed by atoms with Gasteiger partial charge in [-0.2, -0.15) is 5.10 Å². The van der Waals surface area contributed by atoms with Crippen molar-refractivity contribution in [2.45, 2.75) is 82.2 Å². The Morgan fingerprint density at radius 1 is 1.11 bits per heavy atom. The van der Waals surface area contributed by atoms with E-state index in [4.69, 9.17) is 0 Å². The van der Waals surface area contributed by atoms with E-state index < -0.39 is 4.92 Å². The molecular formula is C20H28N4O3. The van der Waals surface area contributed by atoms with Crippen LogP contribution in [0.15, 0.2) is 6.20 Å². The first kappa shape index (κ1) is 17.2. The van der Waals surface area contributed by atoms with Crippen LogP contribution < -0.4 is 5.32 Å². The minimum atomic E-state index is -0.445. The van der Waals surface area contributed by atoms with Crippen LogP contribution in [0.2, 0.25) is 0 Å². The van der Waals surface area contributed by atoms with Gasteiger partial charge in [0, 0.05) is 6.04 Å². The quantitative estimate of drug-likeness (QED) is 0.643. The van der Waals surface area contributed by atoms with Crippen molar-refractivity contribution in [2.75, 3.05) is 0 Å². The summed E-state index contributed by atoms with van der Waals surface area (Å²) in [6.45, 7) is 0. The molecule has 6 rings (SSSR count). The van der Waals surface area contributed by atoms with Crippen LogP contribution in [0.25, 0.3) is 0 Å². The van der Waals surface area contributed by atoms with Crippen molar-refractivity contribution in [3.63, 3.8) is 0 Å². The highest BCUT2D eigenvalue weighted by Gasteiger charge is 2.53. The molecule has 1 amide bonds. The number of hydrogen-bond donors (Lipinski definition) is 1. The Morgan fingerprint density at radius 3 is 2.26 bits per heavy atom. The molecule has 5 aliphatic rings. The van der Waals surface area contributed by atoms with E-state index in [9.17, 15) is 14.9 Å². The number of nitro groups is 1. The third kappa shape index (κ3) is 2.95. The molecule has 7 heteroatoms.